The molecule has 1 heteroatoms. The van der Waals surface area contributed by atoms with Gasteiger partial charge in [0.1, 0.15) is 6.29 Å². The van der Waals surface area contributed by atoms with Gasteiger partial charge in [-0.05, 0) is 110 Å². The molecule has 5 fully saturated rings. The fourth-order valence-corrected chi connectivity index (χ4v) is 8.91. The van der Waals surface area contributed by atoms with Gasteiger partial charge in [-0.1, -0.05) is 44.9 Å². The monoisotopic (exact) mass is 366 g/mol. The maximum Gasteiger partial charge on any atom is 0.142 e. The maximum absolute atomic E-state index is 11.3. The molecule has 10 atom stereocenters. The van der Waals surface area contributed by atoms with Crippen LogP contribution in [0, 0.1) is 58.7 Å². The highest BCUT2D eigenvalue weighted by molar-refractivity contribution is 5.67. The van der Waals surface area contributed by atoms with E-state index in [9.17, 15) is 4.79 Å². The Hall–Kier alpha value is -0.850. The van der Waals surface area contributed by atoms with Crippen molar-refractivity contribution in [3.63, 3.8) is 0 Å². The summed E-state index contributed by atoms with van der Waals surface area (Å²) in [6.45, 7) is 7.12. The summed E-state index contributed by atoms with van der Waals surface area (Å²) in [5, 5.41) is 0. The molecular weight excluding hydrogens is 328 g/mol. The van der Waals surface area contributed by atoms with E-state index in [4.69, 9.17) is 0 Å². The number of carbonyl (C=O) groups excluding carboxylic acids is 1. The van der Waals surface area contributed by atoms with Gasteiger partial charge in [-0.15, -0.1) is 0 Å². The molecule has 0 spiro atoms. The zero-order valence-electron chi connectivity index (χ0n) is 17.6. The van der Waals surface area contributed by atoms with Gasteiger partial charge in [0.25, 0.3) is 0 Å². The van der Waals surface area contributed by atoms with Crippen molar-refractivity contribution in [3.8, 4) is 0 Å². The molecule has 27 heavy (non-hydrogen) atoms. The minimum absolute atomic E-state index is 0.607. The Morgan fingerprint density at radius 1 is 1.07 bits per heavy atom. The van der Waals surface area contributed by atoms with Crippen LogP contribution in [-0.2, 0) is 4.79 Å². The van der Waals surface area contributed by atoms with Gasteiger partial charge in [-0.25, -0.2) is 0 Å². The van der Waals surface area contributed by atoms with Gasteiger partial charge in [0.15, 0.2) is 0 Å². The molecule has 0 aromatic carbocycles. The molecule has 0 aliphatic heterocycles. The van der Waals surface area contributed by atoms with E-state index in [1.54, 1.807) is 5.57 Å². The number of allylic oxidation sites excluding steroid dienone is 4. The summed E-state index contributed by atoms with van der Waals surface area (Å²) in [5.74, 6) is 8.14. The van der Waals surface area contributed by atoms with Gasteiger partial charge in [-0.2, -0.15) is 0 Å². The van der Waals surface area contributed by atoms with E-state index in [2.05, 4.69) is 32.9 Å². The van der Waals surface area contributed by atoms with Crippen LogP contribution in [0.2, 0.25) is 0 Å². The van der Waals surface area contributed by atoms with E-state index in [-0.39, 0.29) is 0 Å². The van der Waals surface area contributed by atoms with Crippen molar-refractivity contribution in [2.75, 3.05) is 0 Å². The van der Waals surface area contributed by atoms with Gasteiger partial charge >= 0.3 is 0 Å². The number of fused-ring (bicyclic) bond motifs is 7. The minimum Gasteiger partial charge on any atom is -0.299 e. The van der Waals surface area contributed by atoms with Crippen molar-refractivity contribution in [1.82, 2.24) is 0 Å². The predicted octanol–water partition coefficient (Wildman–Crippen LogP) is 6.45. The van der Waals surface area contributed by atoms with Crippen molar-refractivity contribution in [2.24, 2.45) is 58.7 Å². The van der Waals surface area contributed by atoms with E-state index in [0.29, 0.717) is 11.3 Å². The van der Waals surface area contributed by atoms with Crippen molar-refractivity contribution in [1.29, 1.82) is 0 Å². The maximum atomic E-state index is 11.3. The molecule has 5 aliphatic rings. The summed E-state index contributed by atoms with van der Waals surface area (Å²) >= 11 is 0. The SMILES string of the molecule is CC/C=C\C1C2CC2C2C3C(CCC12CC)C(CCC)/C(=C\C=O)C1CC13. The Bertz CT molecular complexity index is 659. The third-order valence-corrected chi connectivity index (χ3v) is 9.80. The molecule has 0 bridgehead atoms. The zero-order valence-corrected chi connectivity index (χ0v) is 17.6. The van der Waals surface area contributed by atoms with E-state index in [0.717, 1.165) is 53.6 Å². The fraction of sp³-hybridized carbons (Fsp3) is 0.808. The van der Waals surface area contributed by atoms with Crippen LogP contribution in [0.15, 0.2) is 23.8 Å². The van der Waals surface area contributed by atoms with Gasteiger partial charge < -0.3 is 0 Å². The normalized spacial score (nSPS) is 53.6. The highest BCUT2D eigenvalue weighted by Gasteiger charge is 2.72. The molecule has 0 N–H and O–H groups in total. The topological polar surface area (TPSA) is 17.1 Å². The van der Waals surface area contributed by atoms with Crippen molar-refractivity contribution in [2.45, 2.75) is 72.1 Å². The molecule has 5 aliphatic carbocycles. The third kappa shape index (κ3) is 2.45. The fourth-order valence-electron chi connectivity index (χ4n) is 8.91. The Kier molecular flexibility index (Phi) is 4.45. The summed E-state index contributed by atoms with van der Waals surface area (Å²) < 4.78 is 0. The van der Waals surface area contributed by atoms with E-state index in [1.165, 1.54) is 51.4 Å². The van der Waals surface area contributed by atoms with Crippen LogP contribution in [0.1, 0.15) is 72.1 Å². The first-order valence-corrected chi connectivity index (χ1v) is 12.0. The Labute approximate surface area is 166 Å². The van der Waals surface area contributed by atoms with Crippen LogP contribution in [0.5, 0.6) is 0 Å². The molecule has 0 aromatic heterocycles. The first-order valence-electron chi connectivity index (χ1n) is 12.0. The summed E-state index contributed by atoms with van der Waals surface area (Å²) in [6.07, 6.45) is 19.1. The smallest absolute Gasteiger partial charge is 0.142 e. The summed E-state index contributed by atoms with van der Waals surface area (Å²) in [7, 11) is 0. The average Bonchev–Trinajstić information content (AvgIpc) is 3.59. The summed E-state index contributed by atoms with van der Waals surface area (Å²) in [4.78, 5) is 11.3. The van der Waals surface area contributed by atoms with Crippen LogP contribution < -0.4 is 0 Å². The van der Waals surface area contributed by atoms with Gasteiger partial charge in [0, 0.05) is 0 Å². The van der Waals surface area contributed by atoms with Crippen molar-refractivity contribution >= 4 is 6.29 Å². The summed E-state index contributed by atoms with van der Waals surface area (Å²) in [5.41, 5.74) is 2.17. The second-order valence-electron chi connectivity index (χ2n) is 10.5. The number of aldehydes is 1. The molecule has 1 nitrogen and oxygen atoms in total. The molecule has 0 saturated heterocycles. The molecule has 0 radical (unpaired) electrons. The lowest BCUT2D eigenvalue weighted by Gasteiger charge is -2.56. The van der Waals surface area contributed by atoms with Crippen molar-refractivity contribution in [3.05, 3.63) is 23.8 Å². The van der Waals surface area contributed by atoms with Crippen LogP contribution in [0.4, 0.5) is 0 Å². The quantitative estimate of drug-likeness (QED) is 0.300. The lowest BCUT2D eigenvalue weighted by molar-refractivity contribution is -0.104. The van der Waals surface area contributed by atoms with E-state index < -0.39 is 0 Å². The average molecular weight is 367 g/mol. The molecule has 148 valence electrons. The number of rotatable bonds is 6. The standard InChI is InChI=1S/C26H38O/c1-4-7-9-23-20-15-22(20)25-24-18(10-12-26(23,25)6-3)16(8-5-2)17(11-13-27)19-14-21(19)24/h7,9,11,13,16,18-25H,4-6,8,10,12,14-15H2,1-3H3/b9-7-,17-11+. The van der Waals surface area contributed by atoms with Crippen LogP contribution in [0.25, 0.3) is 0 Å². The van der Waals surface area contributed by atoms with Gasteiger partial charge in [0.05, 0.1) is 0 Å². The second-order valence-corrected chi connectivity index (χ2v) is 10.5. The Morgan fingerprint density at radius 3 is 2.63 bits per heavy atom. The summed E-state index contributed by atoms with van der Waals surface area (Å²) in [6, 6.07) is 0. The first-order chi connectivity index (χ1) is 13.2. The molecule has 5 rings (SSSR count). The van der Waals surface area contributed by atoms with E-state index in [1.807, 2.05) is 6.08 Å². The minimum atomic E-state index is 0.607. The number of hydrogen-bond acceptors (Lipinski definition) is 1. The number of hydrogen-bond donors (Lipinski definition) is 0. The van der Waals surface area contributed by atoms with Crippen LogP contribution in [-0.4, -0.2) is 6.29 Å². The molecule has 0 amide bonds. The van der Waals surface area contributed by atoms with Crippen LogP contribution in [0.3, 0.4) is 0 Å². The predicted molar refractivity (Wildman–Crippen MR) is 111 cm³/mol. The molecule has 0 aromatic rings. The van der Waals surface area contributed by atoms with Gasteiger partial charge in [-0.3, -0.25) is 4.79 Å². The third-order valence-electron chi connectivity index (χ3n) is 9.80. The Morgan fingerprint density at radius 2 is 1.93 bits per heavy atom. The zero-order chi connectivity index (χ0) is 18.8. The number of carbonyl (C=O) groups is 1. The van der Waals surface area contributed by atoms with Crippen LogP contribution >= 0.6 is 0 Å². The molecule has 10 unspecified atom stereocenters. The lowest BCUT2D eigenvalue weighted by atomic mass is 9.49. The Balaban J connectivity index is 1.51. The lowest BCUT2D eigenvalue weighted by Crippen LogP contribution is -2.49. The highest BCUT2D eigenvalue weighted by Crippen LogP contribution is 2.78. The largest absolute Gasteiger partial charge is 0.299 e. The molecular formula is C26H38O. The highest BCUT2D eigenvalue weighted by atomic mass is 16.1. The van der Waals surface area contributed by atoms with Gasteiger partial charge in [0.2, 0.25) is 0 Å². The molecule has 5 saturated carbocycles. The second kappa shape index (κ2) is 6.60. The van der Waals surface area contributed by atoms with Crippen molar-refractivity contribution < 1.29 is 4.79 Å². The van der Waals surface area contributed by atoms with E-state index >= 15 is 0 Å². The first kappa shape index (κ1) is 18.2. The molecule has 0 heterocycles.